The molecule has 0 saturated heterocycles. The van der Waals surface area contributed by atoms with Gasteiger partial charge in [-0.2, -0.15) is 0 Å². The van der Waals surface area contributed by atoms with E-state index in [0.717, 1.165) is 18.9 Å². The second kappa shape index (κ2) is 4.71. The fourth-order valence-corrected chi connectivity index (χ4v) is 4.46. The largest absolute Gasteiger partial charge is 0.452 e. The van der Waals surface area contributed by atoms with Gasteiger partial charge in [0.2, 0.25) is 0 Å². The Balaban J connectivity index is 2.35. The molecule has 0 bridgehead atoms. The van der Waals surface area contributed by atoms with Crippen molar-refractivity contribution in [2.24, 2.45) is 5.73 Å². The van der Waals surface area contributed by atoms with Crippen molar-refractivity contribution in [3.05, 3.63) is 41.8 Å². The Morgan fingerprint density at radius 1 is 1.27 bits per heavy atom. The van der Waals surface area contributed by atoms with Gasteiger partial charge in [0.15, 0.2) is 4.67 Å². The Hall–Kier alpha value is 0.380. The monoisotopic (exact) mass is 413 g/mol. The van der Waals surface area contributed by atoms with Crippen molar-refractivity contribution in [1.29, 1.82) is 0 Å². The van der Waals surface area contributed by atoms with E-state index < -0.39 is 0 Å². The third kappa shape index (κ3) is 2.55. The molecule has 2 N–H and O–H groups in total. The Morgan fingerprint density at radius 3 is 2.47 bits per heavy atom. The number of halogens is 3. The van der Waals surface area contributed by atoms with E-state index in [4.69, 9.17) is 10.2 Å². The molecule has 2 aromatic rings. The molecule has 2 aromatic heterocycles. The van der Waals surface area contributed by atoms with E-state index in [1.54, 1.807) is 11.3 Å². The Morgan fingerprint density at radius 2 is 2.00 bits per heavy atom. The molecule has 0 fully saturated rings. The summed E-state index contributed by atoms with van der Waals surface area (Å²) in [6.45, 7) is 0. The van der Waals surface area contributed by atoms with Crippen LogP contribution in [-0.2, 0) is 0 Å². The lowest BCUT2D eigenvalue weighted by atomic mass is 10.1. The van der Waals surface area contributed by atoms with Gasteiger partial charge in [0.25, 0.3) is 0 Å². The van der Waals surface area contributed by atoms with Crippen molar-refractivity contribution >= 4 is 59.1 Å². The highest BCUT2D eigenvalue weighted by molar-refractivity contribution is 9.12. The van der Waals surface area contributed by atoms with E-state index in [0.29, 0.717) is 4.67 Å². The molecular weight excluding hydrogens is 410 g/mol. The molecule has 0 radical (unpaired) electrons. The van der Waals surface area contributed by atoms with E-state index in [9.17, 15) is 0 Å². The number of hydrogen-bond donors (Lipinski definition) is 1. The normalized spacial score (nSPS) is 13.1. The standard InChI is InChI=1S/C9H6Br3NOS/c10-6-2-1-5(14-6)8(13)4-3-7(11)15-9(4)12/h1-3,8H,13H2. The van der Waals surface area contributed by atoms with Crippen LogP contribution in [0.4, 0.5) is 0 Å². The van der Waals surface area contributed by atoms with Crippen molar-refractivity contribution < 1.29 is 4.42 Å². The van der Waals surface area contributed by atoms with Gasteiger partial charge in [0, 0.05) is 5.56 Å². The van der Waals surface area contributed by atoms with Crippen LogP contribution >= 0.6 is 59.1 Å². The molecule has 0 spiro atoms. The molecule has 2 heterocycles. The van der Waals surface area contributed by atoms with Crippen LogP contribution in [0, 0.1) is 0 Å². The molecule has 15 heavy (non-hydrogen) atoms. The van der Waals surface area contributed by atoms with Gasteiger partial charge in [-0.25, -0.2) is 0 Å². The van der Waals surface area contributed by atoms with Crippen LogP contribution in [0.25, 0.3) is 0 Å². The molecule has 0 aliphatic heterocycles. The highest BCUT2D eigenvalue weighted by atomic mass is 79.9. The first kappa shape index (κ1) is 11.9. The summed E-state index contributed by atoms with van der Waals surface area (Å²) in [5.41, 5.74) is 7.11. The summed E-state index contributed by atoms with van der Waals surface area (Å²) in [6.07, 6.45) is 0. The predicted octanol–water partition coefficient (Wildman–Crippen LogP) is 4.68. The summed E-state index contributed by atoms with van der Waals surface area (Å²) >= 11 is 11.8. The van der Waals surface area contributed by atoms with Crippen LogP contribution < -0.4 is 5.73 Å². The number of nitrogens with two attached hydrogens (primary N) is 1. The topological polar surface area (TPSA) is 39.2 Å². The average molecular weight is 416 g/mol. The van der Waals surface area contributed by atoms with E-state index in [-0.39, 0.29) is 6.04 Å². The lowest BCUT2D eigenvalue weighted by Gasteiger charge is -2.06. The summed E-state index contributed by atoms with van der Waals surface area (Å²) in [7, 11) is 0. The summed E-state index contributed by atoms with van der Waals surface area (Å²) in [4.78, 5) is 0. The quantitative estimate of drug-likeness (QED) is 0.773. The molecule has 0 saturated carbocycles. The third-order valence-corrected chi connectivity index (χ3v) is 4.73. The van der Waals surface area contributed by atoms with Gasteiger partial charge in [-0.15, -0.1) is 11.3 Å². The summed E-state index contributed by atoms with van der Waals surface area (Å²) in [6, 6.07) is 5.46. The smallest absolute Gasteiger partial charge is 0.169 e. The summed E-state index contributed by atoms with van der Waals surface area (Å²) in [5.74, 6) is 0.743. The van der Waals surface area contributed by atoms with Gasteiger partial charge in [0.1, 0.15) is 5.76 Å². The first-order valence-corrected chi connectivity index (χ1v) is 7.23. The van der Waals surface area contributed by atoms with Gasteiger partial charge in [-0.3, -0.25) is 0 Å². The van der Waals surface area contributed by atoms with Crippen LogP contribution in [0.3, 0.4) is 0 Å². The van der Waals surface area contributed by atoms with Gasteiger partial charge in [-0.1, -0.05) is 0 Å². The molecule has 2 rings (SSSR count). The zero-order valence-electron chi connectivity index (χ0n) is 7.34. The molecule has 0 aliphatic carbocycles. The van der Waals surface area contributed by atoms with E-state index in [1.807, 2.05) is 18.2 Å². The number of hydrogen-bond acceptors (Lipinski definition) is 3. The van der Waals surface area contributed by atoms with Crippen LogP contribution in [-0.4, -0.2) is 0 Å². The SMILES string of the molecule is NC(c1ccc(Br)o1)c1cc(Br)sc1Br. The first-order valence-electron chi connectivity index (χ1n) is 4.03. The molecule has 1 atom stereocenters. The molecule has 6 heteroatoms. The van der Waals surface area contributed by atoms with Crippen molar-refractivity contribution in [2.75, 3.05) is 0 Å². The lowest BCUT2D eigenvalue weighted by Crippen LogP contribution is -2.10. The summed E-state index contributed by atoms with van der Waals surface area (Å²) in [5, 5.41) is 0. The van der Waals surface area contributed by atoms with E-state index in [1.165, 1.54) is 0 Å². The fourth-order valence-electron chi connectivity index (χ4n) is 1.21. The molecule has 2 nitrogen and oxygen atoms in total. The van der Waals surface area contributed by atoms with Crippen LogP contribution in [0.1, 0.15) is 17.4 Å². The Kier molecular flexibility index (Phi) is 3.72. The highest BCUT2D eigenvalue weighted by Gasteiger charge is 2.17. The molecule has 0 aromatic carbocycles. The van der Waals surface area contributed by atoms with E-state index >= 15 is 0 Å². The second-order valence-electron chi connectivity index (χ2n) is 2.90. The van der Waals surface area contributed by atoms with Gasteiger partial charge >= 0.3 is 0 Å². The zero-order chi connectivity index (χ0) is 11.0. The molecule has 0 amide bonds. The van der Waals surface area contributed by atoms with Gasteiger partial charge in [0.05, 0.1) is 13.6 Å². The number of rotatable bonds is 2. The van der Waals surface area contributed by atoms with Crippen molar-refractivity contribution in [2.45, 2.75) is 6.04 Å². The van der Waals surface area contributed by atoms with Gasteiger partial charge < -0.3 is 10.2 Å². The second-order valence-corrected chi connectivity index (χ2v) is 7.43. The molecule has 1 unspecified atom stereocenters. The molecule has 0 aliphatic rings. The van der Waals surface area contributed by atoms with E-state index in [2.05, 4.69) is 47.8 Å². The lowest BCUT2D eigenvalue weighted by molar-refractivity contribution is 0.470. The fraction of sp³-hybridized carbons (Fsp3) is 0.111. The average Bonchev–Trinajstić information content (AvgIpc) is 2.71. The Bertz CT molecular complexity index is 479. The predicted molar refractivity (Wildman–Crippen MR) is 72.2 cm³/mol. The minimum atomic E-state index is -0.242. The molecule has 80 valence electrons. The van der Waals surface area contributed by atoms with Crippen molar-refractivity contribution in [3.8, 4) is 0 Å². The minimum Gasteiger partial charge on any atom is -0.452 e. The molecular formula is C9H6Br3NOS. The third-order valence-electron chi connectivity index (χ3n) is 1.92. The van der Waals surface area contributed by atoms with Crippen molar-refractivity contribution in [1.82, 2.24) is 0 Å². The zero-order valence-corrected chi connectivity index (χ0v) is 12.9. The van der Waals surface area contributed by atoms with Crippen LogP contribution in [0.5, 0.6) is 0 Å². The summed E-state index contributed by atoms with van der Waals surface area (Å²) < 4.78 is 8.19. The minimum absolute atomic E-state index is 0.242. The Labute approximate surface area is 116 Å². The maximum Gasteiger partial charge on any atom is 0.169 e. The number of furan rings is 1. The van der Waals surface area contributed by atoms with Crippen LogP contribution in [0.2, 0.25) is 0 Å². The van der Waals surface area contributed by atoms with Gasteiger partial charge in [-0.05, 0) is 66.0 Å². The maximum absolute atomic E-state index is 6.09. The van der Waals surface area contributed by atoms with Crippen molar-refractivity contribution in [3.63, 3.8) is 0 Å². The highest BCUT2D eigenvalue weighted by Crippen LogP contribution is 2.37. The number of thiophene rings is 1. The maximum atomic E-state index is 6.09. The van der Waals surface area contributed by atoms with Crippen LogP contribution in [0.15, 0.2) is 34.9 Å². The first-order chi connectivity index (χ1) is 7.08.